The van der Waals surface area contributed by atoms with E-state index >= 15 is 0 Å². The van der Waals surface area contributed by atoms with Gasteiger partial charge in [0.05, 0.1) is 11.6 Å². The van der Waals surface area contributed by atoms with E-state index in [0.717, 1.165) is 16.5 Å². The second kappa shape index (κ2) is 10.0. The molecule has 1 nitrogen and oxygen atoms in total. The summed E-state index contributed by atoms with van der Waals surface area (Å²) in [6.45, 7) is 2.25. The van der Waals surface area contributed by atoms with Gasteiger partial charge in [-0.25, -0.2) is 0 Å². The Labute approximate surface area is 126 Å². The number of benzene rings is 1. The van der Waals surface area contributed by atoms with Crippen LogP contribution >= 0.6 is 15.9 Å². The maximum Gasteiger partial charge on any atom is 0.0994 e. The number of unbranched alkanes of at least 4 members (excludes halogenated alkanes) is 7. The van der Waals surface area contributed by atoms with Crippen LogP contribution in [0.15, 0.2) is 22.7 Å². The van der Waals surface area contributed by atoms with Gasteiger partial charge in [-0.1, -0.05) is 67.8 Å². The van der Waals surface area contributed by atoms with Crippen molar-refractivity contribution in [3.05, 3.63) is 33.8 Å². The molecule has 0 spiro atoms. The Morgan fingerprint density at radius 1 is 1.00 bits per heavy atom. The highest BCUT2D eigenvalue weighted by molar-refractivity contribution is 9.10. The number of nitriles is 1. The fourth-order valence-corrected chi connectivity index (χ4v) is 2.74. The number of nitrogens with zero attached hydrogens (tertiary/aromatic N) is 1. The van der Waals surface area contributed by atoms with Crippen LogP contribution in [0.5, 0.6) is 0 Å². The molecule has 0 heterocycles. The number of halogens is 1. The lowest BCUT2D eigenvalue weighted by Crippen LogP contribution is -1.91. The molecule has 104 valence electrons. The van der Waals surface area contributed by atoms with E-state index < -0.39 is 0 Å². The van der Waals surface area contributed by atoms with Gasteiger partial charge in [0.2, 0.25) is 0 Å². The third kappa shape index (κ3) is 6.78. The maximum absolute atomic E-state index is 9.07. The molecule has 0 atom stereocenters. The van der Waals surface area contributed by atoms with Crippen molar-refractivity contribution in [3.63, 3.8) is 0 Å². The van der Waals surface area contributed by atoms with Crippen molar-refractivity contribution in [1.82, 2.24) is 0 Å². The first-order chi connectivity index (χ1) is 9.27. The van der Waals surface area contributed by atoms with Crippen LogP contribution in [-0.4, -0.2) is 0 Å². The molecule has 0 amide bonds. The van der Waals surface area contributed by atoms with Gasteiger partial charge in [-0.05, 0) is 36.6 Å². The van der Waals surface area contributed by atoms with Gasteiger partial charge in [-0.2, -0.15) is 5.26 Å². The minimum absolute atomic E-state index is 0.825. The van der Waals surface area contributed by atoms with Crippen molar-refractivity contribution in [1.29, 1.82) is 5.26 Å². The predicted molar refractivity (Wildman–Crippen MR) is 85.2 cm³/mol. The smallest absolute Gasteiger partial charge is 0.0994 e. The fraction of sp³-hybridized carbons (Fsp3) is 0.588. The van der Waals surface area contributed by atoms with E-state index in [1.165, 1.54) is 56.9 Å². The molecule has 0 bridgehead atoms. The zero-order chi connectivity index (χ0) is 13.9. The van der Waals surface area contributed by atoms with Gasteiger partial charge in [-0.3, -0.25) is 0 Å². The average molecular weight is 322 g/mol. The Bertz CT molecular complexity index is 406. The molecule has 1 rings (SSSR count). The van der Waals surface area contributed by atoms with Crippen LogP contribution in [0, 0.1) is 11.3 Å². The highest BCUT2D eigenvalue weighted by Crippen LogP contribution is 2.19. The summed E-state index contributed by atoms with van der Waals surface area (Å²) in [5.41, 5.74) is 2.01. The highest BCUT2D eigenvalue weighted by atomic mass is 79.9. The lowest BCUT2D eigenvalue weighted by atomic mass is 10.0. The Balaban J connectivity index is 2.19. The monoisotopic (exact) mass is 321 g/mol. The molecule has 0 fully saturated rings. The fourth-order valence-electron chi connectivity index (χ4n) is 2.33. The molecular formula is C17H24BrN. The summed E-state index contributed by atoms with van der Waals surface area (Å²) in [7, 11) is 0. The molecule has 0 N–H and O–H groups in total. The number of hydrogen-bond donors (Lipinski definition) is 0. The maximum atomic E-state index is 9.07. The molecule has 0 aliphatic heterocycles. The third-order valence-electron chi connectivity index (χ3n) is 3.49. The van der Waals surface area contributed by atoms with E-state index in [9.17, 15) is 0 Å². The van der Waals surface area contributed by atoms with E-state index in [0.29, 0.717) is 0 Å². The lowest BCUT2D eigenvalue weighted by Gasteiger charge is -2.05. The van der Waals surface area contributed by atoms with Crippen molar-refractivity contribution in [2.75, 3.05) is 0 Å². The largest absolute Gasteiger partial charge is 0.192 e. The average Bonchev–Trinajstić information content (AvgIpc) is 2.42. The van der Waals surface area contributed by atoms with E-state index in [2.05, 4.69) is 35.0 Å². The molecular weight excluding hydrogens is 298 g/mol. The summed E-state index contributed by atoms with van der Waals surface area (Å²) >= 11 is 3.47. The van der Waals surface area contributed by atoms with Gasteiger partial charge in [-0.15, -0.1) is 0 Å². The highest BCUT2D eigenvalue weighted by Gasteiger charge is 2.02. The lowest BCUT2D eigenvalue weighted by molar-refractivity contribution is 0.575. The minimum atomic E-state index is 0.825. The number of rotatable bonds is 9. The molecule has 0 unspecified atom stereocenters. The van der Waals surface area contributed by atoms with E-state index in [4.69, 9.17) is 5.26 Å². The minimum Gasteiger partial charge on any atom is -0.192 e. The quantitative estimate of drug-likeness (QED) is 0.511. The van der Waals surface area contributed by atoms with E-state index in [1.807, 2.05) is 12.1 Å². The van der Waals surface area contributed by atoms with Crippen LogP contribution < -0.4 is 0 Å². The normalized spacial score (nSPS) is 10.4. The second-order valence-electron chi connectivity index (χ2n) is 5.14. The Morgan fingerprint density at radius 2 is 1.63 bits per heavy atom. The third-order valence-corrected chi connectivity index (χ3v) is 3.98. The van der Waals surface area contributed by atoms with Gasteiger partial charge in [0.25, 0.3) is 0 Å². The molecule has 0 saturated carbocycles. The Morgan fingerprint density at radius 3 is 2.26 bits per heavy atom. The Kier molecular flexibility index (Phi) is 8.58. The molecule has 2 heteroatoms. The van der Waals surface area contributed by atoms with Gasteiger partial charge < -0.3 is 0 Å². The standard InChI is InChI=1S/C17H24BrN/c1-2-3-4-5-6-7-8-9-10-15-13-17(18)12-11-16(15)14-19/h11-13H,2-10H2,1H3. The zero-order valence-electron chi connectivity index (χ0n) is 11.9. The summed E-state index contributed by atoms with van der Waals surface area (Å²) in [5.74, 6) is 0. The number of hydrogen-bond acceptors (Lipinski definition) is 1. The topological polar surface area (TPSA) is 23.8 Å². The van der Waals surface area contributed by atoms with E-state index in [-0.39, 0.29) is 0 Å². The first-order valence-electron chi connectivity index (χ1n) is 7.46. The first kappa shape index (κ1) is 16.2. The second-order valence-corrected chi connectivity index (χ2v) is 6.05. The van der Waals surface area contributed by atoms with Crippen LogP contribution in [0.1, 0.15) is 69.4 Å². The molecule has 0 aliphatic carbocycles. The summed E-state index contributed by atoms with van der Waals surface area (Å²) in [4.78, 5) is 0. The van der Waals surface area contributed by atoms with Crippen molar-refractivity contribution >= 4 is 15.9 Å². The van der Waals surface area contributed by atoms with Crippen molar-refractivity contribution in [2.24, 2.45) is 0 Å². The summed E-state index contributed by atoms with van der Waals surface area (Å²) in [6.07, 6.45) is 11.7. The van der Waals surface area contributed by atoms with Gasteiger partial charge >= 0.3 is 0 Å². The van der Waals surface area contributed by atoms with Gasteiger partial charge in [0, 0.05) is 4.47 Å². The SMILES string of the molecule is CCCCCCCCCCc1cc(Br)ccc1C#N. The molecule has 0 aromatic heterocycles. The predicted octanol–water partition coefficient (Wildman–Crippen LogP) is 6.00. The Hall–Kier alpha value is -0.810. The van der Waals surface area contributed by atoms with Crippen LogP contribution in [0.3, 0.4) is 0 Å². The molecule has 1 aromatic carbocycles. The summed E-state index contributed by atoms with van der Waals surface area (Å²) in [5, 5.41) is 9.07. The van der Waals surface area contributed by atoms with Gasteiger partial charge in [0.1, 0.15) is 0 Å². The number of aryl methyl sites for hydroxylation is 1. The van der Waals surface area contributed by atoms with Crippen molar-refractivity contribution < 1.29 is 0 Å². The molecule has 0 aliphatic rings. The van der Waals surface area contributed by atoms with Crippen molar-refractivity contribution in [2.45, 2.75) is 64.7 Å². The van der Waals surface area contributed by atoms with Crippen LogP contribution in [0.25, 0.3) is 0 Å². The van der Waals surface area contributed by atoms with Crippen LogP contribution in [-0.2, 0) is 6.42 Å². The molecule has 19 heavy (non-hydrogen) atoms. The van der Waals surface area contributed by atoms with E-state index in [1.54, 1.807) is 0 Å². The van der Waals surface area contributed by atoms with Crippen LogP contribution in [0.4, 0.5) is 0 Å². The molecule has 0 saturated heterocycles. The van der Waals surface area contributed by atoms with Crippen molar-refractivity contribution in [3.8, 4) is 6.07 Å². The molecule has 0 radical (unpaired) electrons. The first-order valence-corrected chi connectivity index (χ1v) is 8.25. The zero-order valence-corrected chi connectivity index (χ0v) is 13.5. The van der Waals surface area contributed by atoms with Crippen LogP contribution in [0.2, 0.25) is 0 Å². The summed E-state index contributed by atoms with van der Waals surface area (Å²) in [6, 6.07) is 8.21. The summed E-state index contributed by atoms with van der Waals surface area (Å²) < 4.78 is 1.07. The molecule has 1 aromatic rings. The van der Waals surface area contributed by atoms with Gasteiger partial charge in [0.15, 0.2) is 0 Å².